The van der Waals surface area contributed by atoms with E-state index in [-0.39, 0.29) is 11.9 Å². The number of halogens is 3. The zero-order valence-electron chi connectivity index (χ0n) is 17.6. The SMILES string of the molecule is CN1C(=S)N(C2CCCCC2)C(=O)/C1=C/c1ccc(OCc2ccc(Cl)c(Cl)c2)c(Cl)c1. The normalized spacial score (nSPS) is 18.7. The Bertz CT molecular complexity index is 1080. The molecule has 2 aromatic rings. The summed E-state index contributed by atoms with van der Waals surface area (Å²) < 4.78 is 5.84. The smallest absolute Gasteiger partial charge is 0.277 e. The Hall–Kier alpha value is -1.79. The molecule has 2 fully saturated rings. The fourth-order valence-corrected chi connectivity index (χ4v) is 5.01. The second-order valence-corrected chi connectivity index (χ2v) is 9.65. The Morgan fingerprint density at radius 3 is 2.47 bits per heavy atom. The first-order chi connectivity index (χ1) is 15.3. The molecule has 0 radical (unpaired) electrons. The van der Waals surface area contributed by atoms with Crippen LogP contribution in [-0.4, -0.2) is 33.9 Å². The fraction of sp³-hybridized carbons (Fsp3) is 0.333. The van der Waals surface area contributed by atoms with Crippen LogP contribution in [0.5, 0.6) is 5.75 Å². The van der Waals surface area contributed by atoms with Gasteiger partial charge in [0.25, 0.3) is 5.91 Å². The van der Waals surface area contributed by atoms with Crippen LogP contribution in [0.15, 0.2) is 42.1 Å². The van der Waals surface area contributed by atoms with Crippen LogP contribution < -0.4 is 4.74 Å². The largest absolute Gasteiger partial charge is 0.487 e. The molecule has 2 aliphatic rings. The third kappa shape index (κ3) is 4.91. The van der Waals surface area contributed by atoms with Gasteiger partial charge in [0, 0.05) is 13.1 Å². The lowest BCUT2D eigenvalue weighted by molar-refractivity contribution is -0.124. The van der Waals surface area contributed by atoms with Crippen molar-refractivity contribution in [3.8, 4) is 5.75 Å². The van der Waals surface area contributed by atoms with Gasteiger partial charge in [0.1, 0.15) is 18.1 Å². The number of benzene rings is 2. The number of hydrogen-bond acceptors (Lipinski definition) is 3. The van der Waals surface area contributed by atoms with Gasteiger partial charge in [0.05, 0.1) is 15.1 Å². The average Bonchev–Trinajstić information content (AvgIpc) is 2.99. The predicted molar refractivity (Wildman–Crippen MR) is 134 cm³/mol. The Labute approximate surface area is 208 Å². The van der Waals surface area contributed by atoms with E-state index < -0.39 is 0 Å². The maximum Gasteiger partial charge on any atom is 0.277 e. The molecule has 32 heavy (non-hydrogen) atoms. The van der Waals surface area contributed by atoms with Gasteiger partial charge in [0.15, 0.2) is 5.11 Å². The minimum atomic E-state index is -0.0412. The first-order valence-electron chi connectivity index (χ1n) is 10.5. The van der Waals surface area contributed by atoms with Gasteiger partial charge in [-0.25, -0.2) is 0 Å². The molecular weight excluding hydrogens is 487 g/mol. The quantitative estimate of drug-likeness (QED) is 0.322. The van der Waals surface area contributed by atoms with Crippen LogP contribution in [0.4, 0.5) is 0 Å². The van der Waals surface area contributed by atoms with Gasteiger partial charge in [-0.1, -0.05) is 66.2 Å². The summed E-state index contributed by atoms with van der Waals surface area (Å²) in [7, 11) is 1.84. The van der Waals surface area contributed by atoms with Crippen LogP contribution >= 0.6 is 47.0 Å². The van der Waals surface area contributed by atoms with Crippen LogP contribution in [0.3, 0.4) is 0 Å². The lowest BCUT2D eigenvalue weighted by Gasteiger charge is -2.30. The van der Waals surface area contributed by atoms with Crippen molar-refractivity contribution >= 4 is 64.1 Å². The van der Waals surface area contributed by atoms with Crippen molar-refractivity contribution in [2.24, 2.45) is 0 Å². The zero-order valence-corrected chi connectivity index (χ0v) is 20.7. The third-order valence-electron chi connectivity index (χ3n) is 5.87. The summed E-state index contributed by atoms with van der Waals surface area (Å²) in [5.74, 6) is 0.505. The van der Waals surface area contributed by atoms with E-state index in [0.29, 0.717) is 38.2 Å². The van der Waals surface area contributed by atoms with E-state index in [1.807, 2.05) is 25.3 Å². The molecule has 4 rings (SSSR count). The van der Waals surface area contributed by atoms with Gasteiger partial charge in [0.2, 0.25) is 0 Å². The molecule has 1 heterocycles. The van der Waals surface area contributed by atoms with Gasteiger partial charge < -0.3 is 9.64 Å². The van der Waals surface area contributed by atoms with Crippen molar-refractivity contribution < 1.29 is 9.53 Å². The molecule has 4 nitrogen and oxygen atoms in total. The second kappa shape index (κ2) is 10.0. The molecule has 1 aliphatic heterocycles. The summed E-state index contributed by atoms with van der Waals surface area (Å²) in [6.07, 6.45) is 7.33. The van der Waals surface area contributed by atoms with Crippen molar-refractivity contribution in [2.75, 3.05) is 7.05 Å². The molecule has 0 spiro atoms. The highest BCUT2D eigenvalue weighted by Gasteiger charge is 2.40. The molecule has 0 aromatic heterocycles. The standard InChI is InChI=1S/C24H23Cl3N2O2S/c1-28-21(23(30)29(24(28)32)17-5-3-2-4-6-17)13-15-8-10-22(20(27)11-15)31-14-16-7-9-18(25)19(26)12-16/h7-13,17H,2-6,14H2,1H3/b21-13-. The minimum absolute atomic E-state index is 0.0412. The number of hydrogen-bond donors (Lipinski definition) is 0. The molecular formula is C24H23Cl3N2O2S. The van der Waals surface area contributed by atoms with Crippen molar-refractivity contribution in [3.05, 3.63) is 68.3 Å². The number of rotatable bonds is 5. The van der Waals surface area contributed by atoms with Crippen molar-refractivity contribution in [1.82, 2.24) is 9.80 Å². The maximum atomic E-state index is 13.1. The van der Waals surface area contributed by atoms with E-state index in [4.69, 9.17) is 51.8 Å². The van der Waals surface area contributed by atoms with Crippen LogP contribution in [0.1, 0.15) is 43.2 Å². The fourth-order valence-electron chi connectivity index (χ4n) is 4.11. The van der Waals surface area contributed by atoms with Gasteiger partial charge in [-0.3, -0.25) is 9.69 Å². The number of nitrogens with zero attached hydrogens (tertiary/aromatic N) is 2. The van der Waals surface area contributed by atoms with E-state index in [0.717, 1.165) is 36.8 Å². The molecule has 1 saturated carbocycles. The molecule has 8 heteroatoms. The highest BCUT2D eigenvalue weighted by molar-refractivity contribution is 7.80. The van der Waals surface area contributed by atoms with E-state index in [9.17, 15) is 4.79 Å². The maximum absolute atomic E-state index is 13.1. The third-order valence-corrected chi connectivity index (χ3v) is 7.37. The molecule has 0 bridgehead atoms. The van der Waals surface area contributed by atoms with E-state index in [2.05, 4.69) is 0 Å². The van der Waals surface area contributed by atoms with E-state index in [1.165, 1.54) is 6.42 Å². The van der Waals surface area contributed by atoms with Crippen LogP contribution in [0, 0.1) is 0 Å². The number of ether oxygens (including phenoxy) is 1. The molecule has 0 atom stereocenters. The number of amides is 1. The molecule has 1 saturated heterocycles. The van der Waals surface area contributed by atoms with Gasteiger partial charge in [-0.05, 0) is 66.5 Å². The van der Waals surface area contributed by atoms with Gasteiger partial charge in [-0.2, -0.15) is 0 Å². The van der Waals surface area contributed by atoms with Crippen molar-refractivity contribution in [1.29, 1.82) is 0 Å². The van der Waals surface area contributed by atoms with E-state index >= 15 is 0 Å². The number of carbonyl (C=O) groups excluding carboxylic acids is 1. The molecule has 168 valence electrons. The van der Waals surface area contributed by atoms with Crippen molar-refractivity contribution in [3.63, 3.8) is 0 Å². The Morgan fingerprint density at radius 1 is 1.03 bits per heavy atom. The summed E-state index contributed by atoms with van der Waals surface area (Å²) >= 11 is 24.1. The van der Waals surface area contributed by atoms with Gasteiger partial charge in [-0.15, -0.1) is 0 Å². The Kier molecular flexibility index (Phi) is 7.30. The molecule has 1 amide bonds. The van der Waals surface area contributed by atoms with E-state index in [1.54, 1.807) is 34.1 Å². The first-order valence-corrected chi connectivity index (χ1v) is 12.1. The Morgan fingerprint density at radius 2 is 1.78 bits per heavy atom. The lowest BCUT2D eigenvalue weighted by atomic mass is 9.94. The monoisotopic (exact) mass is 508 g/mol. The number of carbonyl (C=O) groups is 1. The summed E-state index contributed by atoms with van der Waals surface area (Å²) in [6, 6.07) is 11.0. The molecule has 2 aromatic carbocycles. The topological polar surface area (TPSA) is 32.8 Å². The number of likely N-dealkylation sites (N-methyl/N-ethyl adjacent to an activating group) is 1. The highest BCUT2D eigenvalue weighted by atomic mass is 35.5. The van der Waals surface area contributed by atoms with Gasteiger partial charge >= 0.3 is 0 Å². The minimum Gasteiger partial charge on any atom is -0.487 e. The Balaban J connectivity index is 1.49. The zero-order chi connectivity index (χ0) is 22.8. The van der Waals surface area contributed by atoms with Crippen molar-refractivity contribution in [2.45, 2.75) is 44.8 Å². The molecule has 1 aliphatic carbocycles. The summed E-state index contributed by atoms with van der Waals surface area (Å²) in [6.45, 7) is 0.308. The first kappa shape index (κ1) is 23.4. The molecule has 0 unspecified atom stereocenters. The summed E-state index contributed by atoms with van der Waals surface area (Å²) in [4.78, 5) is 16.7. The lowest BCUT2D eigenvalue weighted by Crippen LogP contribution is -2.41. The highest BCUT2D eigenvalue weighted by Crippen LogP contribution is 2.32. The summed E-state index contributed by atoms with van der Waals surface area (Å²) in [5.41, 5.74) is 2.25. The summed E-state index contributed by atoms with van der Waals surface area (Å²) in [5, 5.41) is 2.00. The van der Waals surface area contributed by atoms with Crippen LogP contribution in [0.25, 0.3) is 6.08 Å². The average molecular weight is 510 g/mol. The second-order valence-electron chi connectivity index (χ2n) is 8.07. The predicted octanol–water partition coefficient (Wildman–Crippen LogP) is 6.96. The van der Waals surface area contributed by atoms with Crippen LogP contribution in [0.2, 0.25) is 15.1 Å². The number of thiocarbonyl (C=S) groups is 1. The van der Waals surface area contributed by atoms with Crippen LogP contribution in [-0.2, 0) is 11.4 Å². The molecule has 0 N–H and O–H groups in total.